The van der Waals surface area contributed by atoms with Crippen LogP contribution in [-0.2, 0) is 10.2 Å². The minimum Gasteiger partial charge on any atom is -0.480 e. The lowest BCUT2D eigenvalue weighted by molar-refractivity contribution is -0.135. The maximum absolute atomic E-state index is 12.5. The molecule has 3 N–H and O–H groups in total. The summed E-state index contributed by atoms with van der Waals surface area (Å²) >= 11 is 1.28. The van der Waals surface area contributed by atoms with Crippen LogP contribution in [0.25, 0.3) is 0 Å². The zero-order valence-electron chi connectivity index (χ0n) is 14.1. The van der Waals surface area contributed by atoms with E-state index in [0.29, 0.717) is 16.1 Å². The molecule has 7 nitrogen and oxygen atoms in total. The van der Waals surface area contributed by atoms with Gasteiger partial charge in [0.05, 0.1) is 11.2 Å². The smallest absolute Gasteiger partial charge is 0.322 e. The van der Waals surface area contributed by atoms with Gasteiger partial charge in [0.1, 0.15) is 11.4 Å². The summed E-state index contributed by atoms with van der Waals surface area (Å²) in [7, 11) is 0. The number of nitrogens with one attached hydrogen (secondary N) is 2. The van der Waals surface area contributed by atoms with Gasteiger partial charge in [-0.05, 0) is 24.3 Å². The molecule has 0 aliphatic carbocycles. The van der Waals surface area contributed by atoms with Crippen molar-refractivity contribution < 1.29 is 19.5 Å². The first kappa shape index (κ1) is 18.6. The van der Waals surface area contributed by atoms with Gasteiger partial charge < -0.3 is 15.7 Å². The summed E-state index contributed by atoms with van der Waals surface area (Å²) in [5.41, 5.74) is 2.99. The quantitative estimate of drug-likeness (QED) is 0.758. The SMILES string of the molecule is CC(C)(C)c1ncsc1C(=O)Nc1ccc(C(=O)NCC(=O)O)cc1. The summed E-state index contributed by atoms with van der Waals surface area (Å²) in [6.07, 6.45) is 0. The second-order valence-corrected chi connectivity index (χ2v) is 7.24. The molecule has 1 aromatic carbocycles. The van der Waals surface area contributed by atoms with Crippen molar-refractivity contribution in [2.45, 2.75) is 26.2 Å². The van der Waals surface area contributed by atoms with Gasteiger partial charge in [0.25, 0.3) is 11.8 Å². The Kier molecular flexibility index (Phi) is 5.53. The van der Waals surface area contributed by atoms with E-state index in [-0.39, 0.29) is 11.3 Å². The van der Waals surface area contributed by atoms with E-state index in [9.17, 15) is 14.4 Å². The number of aliphatic carboxylic acids is 1. The zero-order valence-corrected chi connectivity index (χ0v) is 14.9. The molecule has 0 fully saturated rings. The van der Waals surface area contributed by atoms with Crippen LogP contribution in [0.2, 0.25) is 0 Å². The van der Waals surface area contributed by atoms with Crippen molar-refractivity contribution in [2.24, 2.45) is 0 Å². The number of rotatable bonds is 5. The Morgan fingerprint density at radius 2 is 1.76 bits per heavy atom. The Bertz CT molecular complexity index is 791. The first-order valence-electron chi connectivity index (χ1n) is 7.54. The molecule has 0 aliphatic heterocycles. The fraction of sp³-hybridized carbons (Fsp3) is 0.294. The topological polar surface area (TPSA) is 108 Å². The summed E-state index contributed by atoms with van der Waals surface area (Å²) in [6, 6.07) is 6.21. The summed E-state index contributed by atoms with van der Waals surface area (Å²) in [5, 5.41) is 13.6. The number of benzene rings is 1. The molecule has 0 radical (unpaired) electrons. The molecule has 1 heterocycles. The molecule has 0 atom stereocenters. The number of anilines is 1. The predicted molar refractivity (Wildman–Crippen MR) is 95.2 cm³/mol. The molecule has 25 heavy (non-hydrogen) atoms. The van der Waals surface area contributed by atoms with Crippen molar-refractivity contribution >= 4 is 34.8 Å². The summed E-state index contributed by atoms with van der Waals surface area (Å²) in [5.74, 6) is -1.86. The number of aromatic nitrogens is 1. The van der Waals surface area contributed by atoms with Crippen molar-refractivity contribution in [1.82, 2.24) is 10.3 Å². The average Bonchev–Trinajstić information content (AvgIpc) is 3.03. The third kappa shape index (κ3) is 4.87. The van der Waals surface area contributed by atoms with Crippen molar-refractivity contribution in [3.05, 3.63) is 45.9 Å². The third-order valence-corrected chi connectivity index (χ3v) is 4.11. The van der Waals surface area contributed by atoms with Gasteiger partial charge in [-0.1, -0.05) is 20.8 Å². The number of nitrogens with zero attached hydrogens (tertiary/aromatic N) is 1. The van der Waals surface area contributed by atoms with Crippen molar-refractivity contribution in [3.63, 3.8) is 0 Å². The molecule has 0 aliphatic rings. The number of carboxylic acid groups (broad SMARTS) is 1. The van der Waals surface area contributed by atoms with E-state index >= 15 is 0 Å². The summed E-state index contributed by atoms with van der Waals surface area (Å²) < 4.78 is 0. The maximum Gasteiger partial charge on any atom is 0.322 e. The van der Waals surface area contributed by atoms with Crippen LogP contribution >= 0.6 is 11.3 Å². The predicted octanol–water partition coefficient (Wildman–Crippen LogP) is 2.51. The molecule has 0 bridgehead atoms. The molecule has 132 valence electrons. The lowest BCUT2D eigenvalue weighted by Gasteiger charge is -2.17. The molecule has 8 heteroatoms. The van der Waals surface area contributed by atoms with Crippen molar-refractivity contribution in [3.8, 4) is 0 Å². The van der Waals surface area contributed by atoms with Crippen LogP contribution in [0.4, 0.5) is 5.69 Å². The van der Waals surface area contributed by atoms with Crippen LogP contribution in [0.3, 0.4) is 0 Å². The molecule has 2 amide bonds. The fourth-order valence-electron chi connectivity index (χ4n) is 2.09. The summed E-state index contributed by atoms with van der Waals surface area (Å²) in [6.45, 7) is 5.52. The molecule has 1 aromatic heterocycles. The van der Waals surface area contributed by atoms with Crippen LogP contribution in [0, 0.1) is 0 Å². The van der Waals surface area contributed by atoms with Crippen LogP contribution in [0.1, 0.15) is 46.5 Å². The van der Waals surface area contributed by atoms with Gasteiger partial charge >= 0.3 is 5.97 Å². The highest BCUT2D eigenvalue weighted by atomic mass is 32.1. The van der Waals surface area contributed by atoms with Gasteiger partial charge in [0.2, 0.25) is 0 Å². The number of carbonyl (C=O) groups is 3. The normalized spacial score (nSPS) is 11.0. The van der Waals surface area contributed by atoms with E-state index in [1.54, 1.807) is 17.6 Å². The molecular formula is C17H19N3O4S. The standard InChI is InChI=1S/C17H19N3O4S/c1-17(2,3)14-13(25-9-19-14)16(24)20-11-6-4-10(5-7-11)15(23)18-8-12(21)22/h4-7,9H,8H2,1-3H3,(H,18,23)(H,20,24)(H,21,22). The van der Waals surface area contributed by atoms with Crippen LogP contribution in [0.5, 0.6) is 0 Å². The minimum absolute atomic E-state index is 0.237. The lowest BCUT2D eigenvalue weighted by Crippen LogP contribution is -2.29. The van der Waals surface area contributed by atoms with Crippen LogP contribution < -0.4 is 10.6 Å². The molecule has 2 rings (SSSR count). The Balaban J connectivity index is 2.06. The highest BCUT2D eigenvalue weighted by Gasteiger charge is 2.25. The molecule has 0 unspecified atom stereocenters. The van der Waals surface area contributed by atoms with Crippen molar-refractivity contribution in [2.75, 3.05) is 11.9 Å². The van der Waals surface area contributed by atoms with Gasteiger partial charge in [-0.25, -0.2) is 4.98 Å². The van der Waals surface area contributed by atoms with Crippen molar-refractivity contribution in [1.29, 1.82) is 0 Å². The second kappa shape index (κ2) is 7.43. The van der Waals surface area contributed by atoms with E-state index in [1.165, 1.54) is 23.5 Å². The maximum atomic E-state index is 12.5. The average molecular weight is 361 g/mol. The Hall–Kier alpha value is -2.74. The van der Waals surface area contributed by atoms with E-state index in [1.807, 2.05) is 20.8 Å². The van der Waals surface area contributed by atoms with Gasteiger partial charge in [-0.2, -0.15) is 0 Å². The monoisotopic (exact) mass is 361 g/mol. The molecule has 2 aromatic rings. The first-order chi connectivity index (χ1) is 11.7. The highest BCUT2D eigenvalue weighted by molar-refractivity contribution is 7.12. The van der Waals surface area contributed by atoms with E-state index in [2.05, 4.69) is 15.6 Å². The minimum atomic E-state index is -1.11. The van der Waals surface area contributed by atoms with E-state index < -0.39 is 18.4 Å². The lowest BCUT2D eigenvalue weighted by atomic mass is 9.91. The number of hydrogen-bond donors (Lipinski definition) is 3. The molecule has 0 saturated heterocycles. The molecule has 0 saturated carbocycles. The van der Waals surface area contributed by atoms with Crippen LogP contribution in [0.15, 0.2) is 29.8 Å². The van der Waals surface area contributed by atoms with Gasteiger partial charge in [-0.15, -0.1) is 11.3 Å². The second-order valence-electron chi connectivity index (χ2n) is 6.39. The Labute approximate surface area is 149 Å². The van der Waals surface area contributed by atoms with Gasteiger partial charge in [0, 0.05) is 16.7 Å². The largest absolute Gasteiger partial charge is 0.480 e. The van der Waals surface area contributed by atoms with Gasteiger partial charge in [-0.3, -0.25) is 14.4 Å². The van der Waals surface area contributed by atoms with E-state index in [0.717, 1.165) is 5.69 Å². The number of thiazole rings is 1. The number of hydrogen-bond acceptors (Lipinski definition) is 5. The number of carboxylic acids is 1. The number of amides is 2. The first-order valence-corrected chi connectivity index (χ1v) is 8.42. The van der Waals surface area contributed by atoms with Crippen LogP contribution in [-0.4, -0.2) is 34.4 Å². The highest BCUT2D eigenvalue weighted by Crippen LogP contribution is 2.27. The Morgan fingerprint density at radius 1 is 1.12 bits per heavy atom. The van der Waals surface area contributed by atoms with Gasteiger partial charge in [0.15, 0.2) is 0 Å². The Morgan fingerprint density at radius 3 is 2.32 bits per heavy atom. The molecule has 0 spiro atoms. The number of carbonyl (C=O) groups excluding carboxylic acids is 2. The fourth-order valence-corrected chi connectivity index (χ4v) is 2.98. The summed E-state index contributed by atoms with van der Waals surface area (Å²) in [4.78, 5) is 39.5. The molecular weight excluding hydrogens is 342 g/mol. The third-order valence-electron chi connectivity index (χ3n) is 3.29. The zero-order chi connectivity index (χ0) is 18.6. The van der Waals surface area contributed by atoms with E-state index in [4.69, 9.17) is 5.11 Å².